The lowest BCUT2D eigenvalue weighted by Gasteiger charge is -2.55. The maximum Gasteiger partial charge on any atom is 0.242 e. The van der Waals surface area contributed by atoms with E-state index >= 15 is 0 Å². The Kier molecular flexibility index (Phi) is 6.25. The standard InChI is InChI=1S/C26H37N3O4/c1-32-22-3-4-23(33-2)21(12-22)17-28-5-7-29(8-6-28)24(30)16-27-25(31)26-13-18-9-19(14-26)11-20(10-18)15-26/h3-4,12,18-20H,5-11,13-17H2,1-2H3,(H,27,31). The Hall–Kier alpha value is -2.28. The maximum atomic E-state index is 13.1. The van der Waals surface area contributed by atoms with Crippen molar-refractivity contribution >= 4 is 11.8 Å². The van der Waals surface area contributed by atoms with Gasteiger partial charge in [-0.15, -0.1) is 0 Å². The number of carbonyl (C=O) groups excluding carboxylic acids is 2. The van der Waals surface area contributed by atoms with Gasteiger partial charge in [-0.2, -0.15) is 0 Å². The minimum Gasteiger partial charge on any atom is -0.497 e. The Morgan fingerprint density at radius 2 is 1.61 bits per heavy atom. The third kappa shape index (κ3) is 4.57. The van der Waals surface area contributed by atoms with E-state index in [0.717, 1.165) is 73.7 Å². The van der Waals surface area contributed by atoms with Gasteiger partial charge >= 0.3 is 0 Å². The molecule has 2 amide bonds. The molecule has 1 N–H and O–H groups in total. The second-order valence-corrected chi connectivity index (χ2v) is 10.7. The lowest BCUT2D eigenvalue weighted by Crippen LogP contribution is -2.55. The summed E-state index contributed by atoms with van der Waals surface area (Å²) in [5, 5.41) is 3.04. The summed E-state index contributed by atoms with van der Waals surface area (Å²) >= 11 is 0. The lowest BCUT2D eigenvalue weighted by molar-refractivity contribution is -0.148. The van der Waals surface area contributed by atoms with Gasteiger partial charge in [0.15, 0.2) is 0 Å². The number of ether oxygens (including phenoxy) is 2. The van der Waals surface area contributed by atoms with E-state index in [9.17, 15) is 9.59 Å². The van der Waals surface area contributed by atoms with Crippen molar-refractivity contribution in [2.45, 2.75) is 45.1 Å². The summed E-state index contributed by atoms with van der Waals surface area (Å²) in [5.74, 6) is 4.03. The first kappa shape index (κ1) is 22.5. The minimum absolute atomic E-state index is 0.0340. The van der Waals surface area contributed by atoms with E-state index in [1.54, 1.807) is 14.2 Å². The molecule has 4 aliphatic carbocycles. The molecular weight excluding hydrogens is 418 g/mol. The first-order valence-corrected chi connectivity index (χ1v) is 12.5. The fourth-order valence-corrected chi connectivity index (χ4v) is 7.25. The predicted molar refractivity (Wildman–Crippen MR) is 125 cm³/mol. The normalized spacial score (nSPS) is 30.8. The van der Waals surface area contributed by atoms with Crippen LogP contribution in [0.15, 0.2) is 18.2 Å². The second kappa shape index (κ2) is 9.16. The minimum atomic E-state index is -0.191. The van der Waals surface area contributed by atoms with Gasteiger partial charge in [-0.05, 0) is 74.5 Å². The van der Waals surface area contributed by atoms with Gasteiger partial charge in [0.1, 0.15) is 11.5 Å². The van der Waals surface area contributed by atoms with E-state index < -0.39 is 0 Å². The summed E-state index contributed by atoms with van der Waals surface area (Å²) in [4.78, 5) is 30.2. The van der Waals surface area contributed by atoms with Crippen LogP contribution in [0.4, 0.5) is 0 Å². The molecule has 33 heavy (non-hydrogen) atoms. The van der Waals surface area contributed by atoms with Gasteiger partial charge in [0, 0.05) is 43.7 Å². The van der Waals surface area contributed by atoms with E-state index in [-0.39, 0.29) is 23.8 Å². The summed E-state index contributed by atoms with van der Waals surface area (Å²) in [6.07, 6.45) is 7.05. The molecule has 7 nitrogen and oxygen atoms in total. The van der Waals surface area contributed by atoms with Crippen LogP contribution < -0.4 is 14.8 Å². The summed E-state index contributed by atoms with van der Waals surface area (Å²) in [6, 6.07) is 5.84. The number of hydrogen-bond donors (Lipinski definition) is 1. The van der Waals surface area contributed by atoms with E-state index in [0.29, 0.717) is 13.1 Å². The molecule has 0 atom stereocenters. The van der Waals surface area contributed by atoms with Crippen molar-refractivity contribution in [3.05, 3.63) is 23.8 Å². The van der Waals surface area contributed by atoms with Crippen LogP contribution in [0.5, 0.6) is 11.5 Å². The average molecular weight is 456 g/mol. The van der Waals surface area contributed by atoms with Crippen LogP contribution in [0.2, 0.25) is 0 Å². The van der Waals surface area contributed by atoms with Crippen LogP contribution in [0, 0.1) is 23.2 Å². The van der Waals surface area contributed by atoms with E-state index in [2.05, 4.69) is 10.2 Å². The zero-order valence-corrected chi connectivity index (χ0v) is 20.0. The first-order chi connectivity index (χ1) is 16.0. The Morgan fingerprint density at radius 1 is 0.970 bits per heavy atom. The van der Waals surface area contributed by atoms with Crippen LogP contribution in [-0.2, 0) is 16.1 Å². The number of piperazine rings is 1. The maximum absolute atomic E-state index is 13.1. The Labute approximate surface area is 196 Å². The van der Waals surface area contributed by atoms with Crippen molar-refractivity contribution in [3.8, 4) is 11.5 Å². The molecule has 0 unspecified atom stereocenters. The molecule has 4 bridgehead atoms. The van der Waals surface area contributed by atoms with Gasteiger partial charge in [-0.3, -0.25) is 14.5 Å². The van der Waals surface area contributed by atoms with Gasteiger partial charge in [-0.1, -0.05) is 0 Å². The molecule has 1 aliphatic heterocycles. The number of nitrogens with zero attached hydrogens (tertiary/aromatic N) is 2. The average Bonchev–Trinajstić information content (AvgIpc) is 2.82. The second-order valence-electron chi connectivity index (χ2n) is 10.7. The summed E-state index contributed by atoms with van der Waals surface area (Å²) in [7, 11) is 3.34. The molecule has 6 rings (SSSR count). The summed E-state index contributed by atoms with van der Waals surface area (Å²) in [6.45, 7) is 3.84. The molecule has 180 valence electrons. The highest BCUT2D eigenvalue weighted by Gasteiger charge is 2.54. The van der Waals surface area contributed by atoms with E-state index in [1.165, 1.54) is 19.3 Å². The van der Waals surface area contributed by atoms with Crippen molar-refractivity contribution in [2.75, 3.05) is 46.9 Å². The number of rotatable bonds is 7. The van der Waals surface area contributed by atoms with Gasteiger partial charge < -0.3 is 19.7 Å². The molecule has 5 fully saturated rings. The Bertz CT molecular complexity index is 858. The molecule has 0 aromatic heterocycles. The van der Waals surface area contributed by atoms with Crippen LogP contribution in [-0.4, -0.2) is 68.6 Å². The molecule has 1 aromatic rings. The molecular formula is C26H37N3O4. The molecule has 1 aromatic carbocycles. The monoisotopic (exact) mass is 455 g/mol. The highest BCUT2D eigenvalue weighted by molar-refractivity contribution is 5.88. The smallest absolute Gasteiger partial charge is 0.242 e. The largest absolute Gasteiger partial charge is 0.497 e. The van der Waals surface area contributed by atoms with Crippen molar-refractivity contribution in [1.29, 1.82) is 0 Å². The fraction of sp³-hybridized carbons (Fsp3) is 0.692. The molecule has 7 heteroatoms. The van der Waals surface area contributed by atoms with Crippen LogP contribution >= 0.6 is 0 Å². The molecule has 1 heterocycles. The van der Waals surface area contributed by atoms with Gasteiger partial charge in [0.25, 0.3) is 0 Å². The van der Waals surface area contributed by atoms with Crippen LogP contribution in [0.3, 0.4) is 0 Å². The SMILES string of the molecule is COc1ccc(OC)c(CN2CCN(C(=O)CNC(=O)C34CC5CC(CC(C5)C3)C4)CC2)c1. The van der Waals surface area contributed by atoms with E-state index in [1.807, 2.05) is 23.1 Å². The number of nitrogens with one attached hydrogen (secondary N) is 1. The predicted octanol–water partition coefficient (Wildman–Crippen LogP) is 2.68. The lowest BCUT2D eigenvalue weighted by atomic mass is 9.49. The van der Waals surface area contributed by atoms with Gasteiger partial charge in [0.05, 0.1) is 20.8 Å². The Balaban J connectivity index is 1.10. The number of methoxy groups -OCH3 is 2. The molecule has 1 saturated heterocycles. The Morgan fingerprint density at radius 3 is 2.18 bits per heavy atom. The van der Waals surface area contributed by atoms with Crippen molar-refractivity contribution in [1.82, 2.24) is 15.1 Å². The van der Waals surface area contributed by atoms with Crippen molar-refractivity contribution < 1.29 is 19.1 Å². The number of carbonyl (C=O) groups is 2. The number of amides is 2. The molecule has 0 spiro atoms. The van der Waals surface area contributed by atoms with E-state index in [4.69, 9.17) is 9.47 Å². The third-order valence-electron chi connectivity index (χ3n) is 8.53. The van der Waals surface area contributed by atoms with Crippen LogP contribution in [0.1, 0.15) is 44.1 Å². The van der Waals surface area contributed by atoms with Crippen LogP contribution in [0.25, 0.3) is 0 Å². The van der Waals surface area contributed by atoms with Crippen molar-refractivity contribution in [2.24, 2.45) is 23.2 Å². The fourth-order valence-electron chi connectivity index (χ4n) is 7.25. The number of hydrogen-bond acceptors (Lipinski definition) is 5. The molecule has 4 saturated carbocycles. The highest BCUT2D eigenvalue weighted by atomic mass is 16.5. The first-order valence-electron chi connectivity index (χ1n) is 12.5. The summed E-state index contributed by atoms with van der Waals surface area (Å²) < 4.78 is 10.9. The topological polar surface area (TPSA) is 71.1 Å². The number of benzene rings is 1. The highest BCUT2D eigenvalue weighted by Crippen LogP contribution is 2.60. The molecule has 0 radical (unpaired) electrons. The van der Waals surface area contributed by atoms with Gasteiger partial charge in [-0.25, -0.2) is 0 Å². The third-order valence-corrected chi connectivity index (χ3v) is 8.53. The summed E-state index contributed by atoms with van der Waals surface area (Å²) in [5.41, 5.74) is 0.892. The van der Waals surface area contributed by atoms with Gasteiger partial charge in [0.2, 0.25) is 11.8 Å². The quantitative estimate of drug-likeness (QED) is 0.685. The molecule has 5 aliphatic rings. The zero-order chi connectivity index (χ0) is 23.0. The zero-order valence-electron chi connectivity index (χ0n) is 20.0. The van der Waals surface area contributed by atoms with Crippen molar-refractivity contribution in [3.63, 3.8) is 0 Å².